The summed E-state index contributed by atoms with van der Waals surface area (Å²) < 4.78 is 5.22. The quantitative estimate of drug-likeness (QED) is 0.415. The van der Waals surface area contributed by atoms with Crippen molar-refractivity contribution in [2.24, 2.45) is 0 Å². The van der Waals surface area contributed by atoms with Crippen molar-refractivity contribution >= 4 is 5.97 Å². The number of carbonyl (C=O) groups is 1. The summed E-state index contributed by atoms with van der Waals surface area (Å²) >= 11 is 0. The maximum absolute atomic E-state index is 11.7. The van der Waals surface area contributed by atoms with Gasteiger partial charge in [-0.3, -0.25) is 4.79 Å². The van der Waals surface area contributed by atoms with Gasteiger partial charge in [0.15, 0.2) is 11.5 Å². The molecule has 4 heteroatoms. The Morgan fingerprint density at radius 1 is 0.833 bits per heavy atom. The Morgan fingerprint density at radius 3 is 2.38 bits per heavy atom. The fourth-order valence-corrected chi connectivity index (χ4v) is 2.48. The number of ether oxygens (including phenoxy) is 1. The van der Waals surface area contributed by atoms with Gasteiger partial charge in [0.2, 0.25) is 0 Å². The second-order valence-corrected chi connectivity index (χ2v) is 5.84. The summed E-state index contributed by atoms with van der Waals surface area (Å²) in [4.78, 5) is 11.7. The molecule has 0 aromatic heterocycles. The fraction of sp³-hybridized carbons (Fsp3) is 0.350. The van der Waals surface area contributed by atoms with Gasteiger partial charge in [-0.2, -0.15) is 0 Å². The van der Waals surface area contributed by atoms with Crippen LogP contribution in [-0.4, -0.2) is 22.8 Å². The Bertz CT molecular complexity index is 637. The van der Waals surface area contributed by atoms with Gasteiger partial charge in [0.25, 0.3) is 0 Å². The molecule has 0 fully saturated rings. The van der Waals surface area contributed by atoms with Crippen LogP contribution >= 0.6 is 0 Å². The zero-order chi connectivity index (χ0) is 17.2. The largest absolute Gasteiger partial charge is 0.504 e. The first-order valence-electron chi connectivity index (χ1n) is 8.35. The van der Waals surface area contributed by atoms with Gasteiger partial charge >= 0.3 is 5.97 Å². The number of hydrogen-bond acceptors (Lipinski definition) is 4. The third-order valence-electron chi connectivity index (χ3n) is 3.87. The summed E-state index contributed by atoms with van der Waals surface area (Å²) in [5.74, 6) is -0.554. The van der Waals surface area contributed by atoms with E-state index in [1.807, 2.05) is 18.2 Å². The molecule has 0 aliphatic carbocycles. The number of rotatable bonds is 9. The maximum atomic E-state index is 11.7. The predicted octanol–water partition coefficient (Wildman–Crippen LogP) is 3.99. The first-order chi connectivity index (χ1) is 11.6. The molecule has 0 atom stereocenters. The number of benzene rings is 2. The highest BCUT2D eigenvalue weighted by Crippen LogP contribution is 2.25. The summed E-state index contributed by atoms with van der Waals surface area (Å²) in [6, 6.07) is 14.9. The van der Waals surface area contributed by atoms with Crippen LogP contribution < -0.4 is 0 Å². The van der Waals surface area contributed by atoms with Gasteiger partial charge in [-0.05, 0) is 55.4 Å². The minimum absolute atomic E-state index is 0.156. The number of unbranched alkanes of at least 4 members (excludes halogenated alkanes) is 2. The van der Waals surface area contributed by atoms with Crippen molar-refractivity contribution in [3.05, 3.63) is 59.7 Å². The number of esters is 1. The van der Waals surface area contributed by atoms with Gasteiger partial charge in [-0.1, -0.05) is 36.4 Å². The number of aryl methyl sites for hydroxylation is 2. The molecule has 0 saturated carbocycles. The third-order valence-corrected chi connectivity index (χ3v) is 3.87. The van der Waals surface area contributed by atoms with Crippen LogP contribution in [0.5, 0.6) is 11.5 Å². The van der Waals surface area contributed by atoms with Crippen LogP contribution in [0.15, 0.2) is 48.5 Å². The number of phenols is 2. The highest BCUT2D eigenvalue weighted by Gasteiger charge is 2.06. The van der Waals surface area contributed by atoms with E-state index >= 15 is 0 Å². The first kappa shape index (κ1) is 17.9. The van der Waals surface area contributed by atoms with Crippen LogP contribution in [0.1, 0.15) is 36.8 Å². The molecular weight excluding hydrogens is 304 g/mol. The molecule has 0 saturated heterocycles. The monoisotopic (exact) mass is 328 g/mol. The zero-order valence-electron chi connectivity index (χ0n) is 13.8. The van der Waals surface area contributed by atoms with E-state index in [1.54, 1.807) is 6.07 Å². The summed E-state index contributed by atoms with van der Waals surface area (Å²) in [6.07, 6.45) is 4.81. The van der Waals surface area contributed by atoms with Crippen molar-refractivity contribution in [1.82, 2.24) is 0 Å². The second kappa shape index (κ2) is 9.60. The predicted molar refractivity (Wildman–Crippen MR) is 93.0 cm³/mol. The van der Waals surface area contributed by atoms with Crippen LogP contribution in [-0.2, 0) is 22.4 Å². The van der Waals surface area contributed by atoms with Gasteiger partial charge in [0, 0.05) is 6.42 Å². The standard InChI is InChI=1S/C20H24O4/c21-18-12-10-17(15-19(18)22)11-13-20(23)24-14-6-2-5-9-16-7-3-1-4-8-16/h1,3-4,7-8,10,12,15,21-22H,2,5-6,9,11,13-14H2. The molecule has 0 unspecified atom stereocenters. The number of hydrogen-bond donors (Lipinski definition) is 2. The summed E-state index contributed by atoms with van der Waals surface area (Å²) in [7, 11) is 0. The molecule has 0 heterocycles. The molecule has 128 valence electrons. The smallest absolute Gasteiger partial charge is 0.306 e. The Hall–Kier alpha value is -2.49. The van der Waals surface area contributed by atoms with Gasteiger partial charge in [-0.15, -0.1) is 0 Å². The van der Waals surface area contributed by atoms with E-state index in [1.165, 1.54) is 17.7 Å². The lowest BCUT2D eigenvalue weighted by atomic mass is 10.1. The van der Waals surface area contributed by atoms with Crippen molar-refractivity contribution in [2.75, 3.05) is 6.61 Å². The van der Waals surface area contributed by atoms with Crippen LogP contribution in [0.2, 0.25) is 0 Å². The molecule has 0 bridgehead atoms. The number of phenolic OH excluding ortho intramolecular Hbond substituents is 2. The van der Waals surface area contributed by atoms with Crippen molar-refractivity contribution in [3.8, 4) is 11.5 Å². The topological polar surface area (TPSA) is 66.8 Å². The fourth-order valence-electron chi connectivity index (χ4n) is 2.48. The summed E-state index contributed by atoms with van der Waals surface area (Å²) in [6.45, 7) is 0.453. The zero-order valence-corrected chi connectivity index (χ0v) is 13.8. The molecule has 2 rings (SSSR count). The molecule has 2 aromatic rings. The maximum Gasteiger partial charge on any atom is 0.306 e. The SMILES string of the molecule is O=C(CCc1ccc(O)c(O)c1)OCCCCCc1ccccc1. The normalized spacial score (nSPS) is 10.5. The van der Waals surface area contributed by atoms with E-state index in [4.69, 9.17) is 4.74 Å². The lowest BCUT2D eigenvalue weighted by Gasteiger charge is -2.06. The average Bonchev–Trinajstić information content (AvgIpc) is 2.60. The Kier molecular flexibility index (Phi) is 7.15. The average molecular weight is 328 g/mol. The Morgan fingerprint density at radius 2 is 1.62 bits per heavy atom. The third kappa shape index (κ3) is 6.32. The van der Waals surface area contributed by atoms with Crippen molar-refractivity contribution in [3.63, 3.8) is 0 Å². The van der Waals surface area contributed by atoms with Crippen LogP contribution in [0.3, 0.4) is 0 Å². The molecule has 0 amide bonds. The van der Waals surface area contributed by atoms with Crippen LogP contribution in [0.25, 0.3) is 0 Å². The van der Waals surface area contributed by atoms with Crippen LogP contribution in [0.4, 0.5) is 0 Å². The molecule has 0 spiro atoms. The minimum atomic E-state index is -0.231. The van der Waals surface area contributed by atoms with Gasteiger partial charge < -0.3 is 14.9 Å². The number of carbonyl (C=O) groups excluding carboxylic acids is 1. The molecule has 0 aliphatic rings. The summed E-state index contributed by atoms with van der Waals surface area (Å²) in [5.41, 5.74) is 2.14. The number of aromatic hydroxyl groups is 2. The second-order valence-electron chi connectivity index (χ2n) is 5.84. The molecule has 2 N–H and O–H groups in total. The highest BCUT2D eigenvalue weighted by molar-refractivity contribution is 5.69. The molecular formula is C20H24O4. The van der Waals surface area contributed by atoms with E-state index in [9.17, 15) is 15.0 Å². The summed E-state index contributed by atoms with van der Waals surface area (Å²) in [5, 5.41) is 18.6. The van der Waals surface area contributed by atoms with Crippen molar-refractivity contribution in [2.45, 2.75) is 38.5 Å². The van der Waals surface area contributed by atoms with Crippen LogP contribution in [0, 0.1) is 0 Å². The van der Waals surface area contributed by atoms with Gasteiger partial charge in [-0.25, -0.2) is 0 Å². The van der Waals surface area contributed by atoms with E-state index < -0.39 is 0 Å². The molecule has 0 aliphatic heterocycles. The molecule has 2 aromatic carbocycles. The molecule has 0 radical (unpaired) electrons. The van der Waals surface area contributed by atoms with Crippen molar-refractivity contribution in [1.29, 1.82) is 0 Å². The Balaban J connectivity index is 1.54. The van der Waals surface area contributed by atoms with E-state index in [-0.39, 0.29) is 23.9 Å². The van der Waals surface area contributed by atoms with E-state index in [0.29, 0.717) is 13.0 Å². The lowest BCUT2D eigenvalue weighted by Crippen LogP contribution is -2.07. The van der Waals surface area contributed by atoms with Gasteiger partial charge in [0.1, 0.15) is 0 Å². The Labute approximate surface area is 142 Å². The minimum Gasteiger partial charge on any atom is -0.504 e. The lowest BCUT2D eigenvalue weighted by molar-refractivity contribution is -0.143. The van der Waals surface area contributed by atoms with Gasteiger partial charge in [0.05, 0.1) is 6.61 Å². The van der Waals surface area contributed by atoms with Crippen molar-refractivity contribution < 1.29 is 19.7 Å². The molecule has 24 heavy (non-hydrogen) atoms. The van der Waals surface area contributed by atoms with E-state index in [2.05, 4.69) is 12.1 Å². The highest BCUT2D eigenvalue weighted by atomic mass is 16.5. The first-order valence-corrected chi connectivity index (χ1v) is 8.35. The van der Waals surface area contributed by atoms with E-state index in [0.717, 1.165) is 31.2 Å². The molecule has 4 nitrogen and oxygen atoms in total.